The maximum atomic E-state index is 12.2. The highest BCUT2D eigenvalue weighted by atomic mass is 35.5. The summed E-state index contributed by atoms with van der Waals surface area (Å²) in [4.78, 5) is 28.8. The zero-order valence-electron chi connectivity index (χ0n) is 13.5. The first-order valence-corrected chi connectivity index (χ1v) is 8.99. The number of hydrogen-bond acceptors (Lipinski definition) is 5. The minimum atomic E-state index is -0.541. The number of amides is 2. The summed E-state index contributed by atoms with van der Waals surface area (Å²) in [6.45, 7) is 1.67. The van der Waals surface area contributed by atoms with Gasteiger partial charge in [-0.05, 0) is 31.2 Å². The molecule has 0 bridgehead atoms. The molecule has 3 heterocycles. The molecule has 0 fully saturated rings. The minimum absolute atomic E-state index is 0.226. The number of fused-ring (bicyclic) bond motifs is 2. The number of thiazole rings is 1. The molecule has 1 aliphatic heterocycles. The van der Waals surface area contributed by atoms with Crippen LogP contribution in [0.15, 0.2) is 35.9 Å². The number of ether oxygens (including phenoxy) is 1. The van der Waals surface area contributed by atoms with E-state index in [0.717, 1.165) is 4.96 Å². The van der Waals surface area contributed by atoms with Gasteiger partial charge in [0.2, 0.25) is 5.91 Å². The van der Waals surface area contributed by atoms with E-state index in [2.05, 4.69) is 15.6 Å². The van der Waals surface area contributed by atoms with Crippen LogP contribution in [0.1, 0.15) is 12.6 Å². The standard InChI is InChI=1S/C17H13ClN4O3S/c1-9-16(24)20-11-8-10(2-4-13(11)25-9)19-14(23)5-3-12-15(18)21-17-22(12)6-7-26-17/h2-9H,1H3,(H,19,23)(H,20,24)/b5-3+. The molecule has 0 saturated heterocycles. The molecule has 0 saturated carbocycles. The van der Waals surface area contributed by atoms with Gasteiger partial charge < -0.3 is 15.4 Å². The Morgan fingerprint density at radius 3 is 3.19 bits per heavy atom. The fourth-order valence-corrected chi connectivity index (χ4v) is 3.56. The van der Waals surface area contributed by atoms with Gasteiger partial charge in [0, 0.05) is 23.3 Å². The molecule has 4 rings (SSSR count). The maximum absolute atomic E-state index is 12.2. The number of hydrogen-bond donors (Lipinski definition) is 2. The van der Waals surface area contributed by atoms with Gasteiger partial charge in [-0.25, -0.2) is 4.98 Å². The SMILES string of the molecule is CC1Oc2ccc(NC(=O)/C=C/c3c(Cl)nc4sccn34)cc2NC1=O. The Kier molecular flexibility index (Phi) is 4.14. The topological polar surface area (TPSA) is 84.7 Å². The van der Waals surface area contributed by atoms with E-state index in [4.69, 9.17) is 16.3 Å². The molecular formula is C17H13ClN4O3S. The average molecular weight is 389 g/mol. The van der Waals surface area contributed by atoms with Crippen molar-refractivity contribution in [1.29, 1.82) is 0 Å². The van der Waals surface area contributed by atoms with Gasteiger partial charge in [-0.2, -0.15) is 0 Å². The molecule has 1 atom stereocenters. The van der Waals surface area contributed by atoms with Crippen LogP contribution in [0.5, 0.6) is 5.75 Å². The number of halogens is 1. The number of nitrogens with zero attached hydrogens (tertiary/aromatic N) is 2. The summed E-state index contributed by atoms with van der Waals surface area (Å²) in [5, 5.41) is 7.71. The van der Waals surface area contributed by atoms with Crippen molar-refractivity contribution in [3.8, 4) is 5.75 Å². The molecular weight excluding hydrogens is 376 g/mol. The largest absolute Gasteiger partial charge is 0.479 e. The third kappa shape index (κ3) is 3.04. The number of benzene rings is 1. The van der Waals surface area contributed by atoms with Gasteiger partial charge in [-0.1, -0.05) is 11.6 Å². The zero-order valence-corrected chi connectivity index (χ0v) is 15.1. The van der Waals surface area contributed by atoms with E-state index in [-0.39, 0.29) is 11.8 Å². The minimum Gasteiger partial charge on any atom is -0.479 e. The second-order valence-corrected chi connectivity index (χ2v) is 6.86. The van der Waals surface area contributed by atoms with Gasteiger partial charge >= 0.3 is 0 Å². The number of carbonyl (C=O) groups excluding carboxylic acids is 2. The van der Waals surface area contributed by atoms with Crippen LogP contribution in [0, 0.1) is 0 Å². The van der Waals surface area contributed by atoms with E-state index in [9.17, 15) is 9.59 Å². The number of imidazole rings is 1. The molecule has 26 heavy (non-hydrogen) atoms. The molecule has 0 radical (unpaired) electrons. The predicted octanol–water partition coefficient (Wildman–Crippen LogP) is 3.42. The first-order valence-electron chi connectivity index (χ1n) is 7.73. The highest BCUT2D eigenvalue weighted by Crippen LogP contribution is 2.32. The Morgan fingerprint density at radius 2 is 2.35 bits per heavy atom. The van der Waals surface area contributed by atoms with E-state index in [1.54, 1.807) is 31.2 Å². The molecule has 1 aromatic carbocycles. The van der Waals surface area contributed by atoms with E-state index >= 15 is 0 Å². The van der Waals surface area contributed by atoms with Crippen LogP contribution in [0.2, 0.25) is 5.15 Å². The van der Waals surface area contributed by atoms with Crippen molar-refractivity contribution in [3.05, 3.63) is 46.7 Å². The first-order chi connectivity index (χ1) is 12.5. The van der Waals surface area contributed by atoms with Crippen molar-refractivity contribution in [1.82, 2.24) is 9.38 Å². The quantitative estimate of drug-likeness (QED) is 0.673. The Bertz CT molecular complexity index is 1060. The number of rotatable bonds is 3. The van der Waals surface area contributed by atoms with E-state index in [0.29, 0.717) is 28.0 Å². The zero-order chi connectivity index (χ0) is 18.3. The van der Waals surface area contributed by atoms with Gasteiger partial charge in [-0.15, -0.1) is 11.3 Å². The van der Waals surface area contributed by atoms with E-state index < -0.39 is 6.10 Å². The molecule has 0 spiro atoms. The fourth-order valence-electron chi connectivity index (χ4n) is 2.55. The molecule has 2 N–H and O–H groups in total. The molecule has 1 aliphatic rings. The smallest absolute Gasteiger partial charge is 0.265 e. The molecule has 2 aromatic heterocycles. The van der Waals surface area contributed by atoms with Crippen molar-refractivity contribution in [2.24, 2.45) is 0 Å². The van der Waals surface area contributed by atoms with Crippen LogP contribution < -0.4 is 15.4 Å². The van der Waals surface area contributed by atoms with E-state index in [1.165, 1.54) is 17.4 Å². The third-order valence-electron chi connectivity index (χ3n) is 3.82. The van der Waals surface area contributed by atoms with Crippen LogP contribution in [-0.4, -0.2) is 27.3 Å². The summed E-state index contributed by atoms with van der Waals surface area (Å²) in [5.74, 6) is 0.00942. The van der Waals surface area contributed by atoms with Gasteiger partial charge in [0.05, 0.1) is 11.4 Å². The van der Waals surface area contributed by atoms with Crippen molar-refractivity contribution in [2.45, 2.75) is 13.0 Å². The Hall–Kier alpha value is -2.84. The van der Waals surface area contributed by atoms with Crippen LogP contribution >= 0.6 is 22.9 Å². The lowest BCUT2D eigenvalue weighted by Crippen LogP contribution is -2.34. The molecule has 132 valence electrons. The van der Waals surface area contributed by atoms with Gasteiger partial charge in [0.25, 0.3) is 5.91 Å². The maximum Gasteiger partial charge on any atom is 0.265 e. The molecule has 9 heteroatoms. The van der Waals surface area contributed by atoms with Crippen molar-refractivity contribution in [3.63, 3.8) is 0 Å². The normalized spacial score (nSPS) is 16.4. The molecule has 7 nitrogen and oxygen atoms in total. The van der Waals surface area contributed by atoms with Gasteiger partial charge in [0.1, 0.15) is 5.75 Å². The lowest BCUT2D eigenvalue weighted by atomic mass is 10.2. The monoisotopic (exact) mass is 388 g/mol. The third-order valence-corrected chi connectivity index (χ3v) is 4.86. The predicted molar refractivity (Wildman–Crippen MR) is 101 cm³/mol. The van der Waals surface area contributed by atoms with E-state index in [1.807, 2.05) is 16.0 Å². The van der Waals surface area contributed by atoms with Crippen LogP contribution in [-0.2, 0) is 9.59 Å². The molecule has 3 aromatic rings. The Labute approximate surface area is 157 Å². The van der Waals surface area contributed by atoms with Gasteiger partial charge in [0.15, 0.2) is 16.2 Å². The van der Waals surface area contributed by atoms with Crippen molar-refractivity contribution >= 4 is 57.2 Å². The highest BCUT2D eigenvalue weighted by Gasteiger charge is 2.23. The van der Waals surface area contributed by atoms with Crippen LogP contribution in [0.3, 0.4) is 0 Å². The first kappa shape index (κ1) is 16.6. The Morgan fingerprint density at radius 1 is 1.50 bits per heavy atom. The number of aromatic nitrogens is 2. The molecule has 1 unspecified atom stereocenters. The lowest BCUT2D eigenvalue weighted by molar-refractivity contribution is -0.122. The summed E-state index contributed by atoms with van der Waals surface area (Å²) in [5.41, 5.74) is 1.70. The number of anilines is 2. The van der Waals surface area contributed by atoms with Crippen LogP contribution in [0.25, 0.3) is 11.0 Å². The lowest BCUT2D eigenvalue weighted by Gasteiger charge is -2.23. The molecule has 0 aliphatic carbocycles. The average Bonchev–Trinajstić information content (AvgIpc) is 3.15. The summed E-state index contributed by atoms with van der Waals surface area (Å²) in [6.07, 6.45) is 4.28. The molecule has 2 amide bonds. The van der Waals surface area contributed by atoms with Crippen LogP contribution in [0.4, 0.5) is 11.4 Å². The Balaban J connectivity index is 1.50. The van der Waals surface area contributed by atoms with Crippen molar-refractivity contribution in [2.75, 3.05) is 10.6 Å². The number of nitrogens with one attached hydrogen (secondary N) is 2. The number of carbonyl (C=O) groups is 2. The second kappa shape index (κ2) is 6.47. The fraction of sp³-hybridized carbons (Fsp3) is 0.118. The summed E-state index contributed by atoms with van der Waals surface area (Å²) in [7, 11) is 0. The second-order valence-electron chi connectivity index (χ2n) is 5.63. The van der Waals surface area contributed by atoms with Gasteiger partial charge in [-0.3, -0.25) is 14.0 Å². The summed E-state index contributed by atoms with van der Waals surface area (Å²) in [6, 6.07) is 5.05. The summed E-state index contributed by atoms with van der Waals surface area (Å²) < 4.78 is 7.29. The highest BCUT2D eigenvalue weighted by molar-refractivity contribution is 7.15. The summed E-state index contributed by atoms with van der Waals surface area (Å²) >= 11 is 7.55. The van der Waals surface area contributed by atoms with Crippen molar-refractivity contribution < 1.29 is 14.3 Å².